The third-order valence-electron chi connectivity index (χ3n) is 2.38. The Morgan fingerprint density at radius 1 is 1.67 bits per heavy atom. The van der Waals surface area contributed by atoms with Gasteiger partial charge in [0.05, 0.1) is 16.9 Å². The van der Waals surface area contributed by atoms with Crippen LogP contribution in [0, 0.1) is 5.92 Å². The number of nitrogens with one attached hydrogen (secondary N) is 2. The smallest absolute Gasteiger partial charge is 0.224 e. The van der Waals surface area contributed by atoms with E-state index in [1.807, 2.05) is 0 Å². The highest BCUT2D eigenvalue weighted by atomic mass is 35.5. The lowest BCUT2D eigenvalue weighted by atomic mass is 9.99. The Bertz CT molecular complexity index is 365. The van der Waals surface area contributed by atoms with Gasteiger partial charge in [0.2, 0.25) is 5.91 Å². The number of carbonyl (C=O) groups excluding carboxylic acids is 1. The van der Waals surface area contributed by atoms with Crippen molar-refractivity contribution in [3.63, 3.8) is 0 Å². The Balaban J connectivity index is 1.90. The molecule has 0 saturated carbocycles. The third-order valence-corrected chi connectivity index (χ3v) is 2.71. The van der Waals surface area contributed by atoms with E-state index in [0.717, 1.165) is 13.1 Å². The molecule has 1 fully saturated rings. The number of halogens is 1. The van der Waals surface area contributed by atoms with E-state index in [2.05, 4.69) is 15.6 Å². The van der Waals surface area contributed by atoms with Crippen molar-refractivity contribution in [2.45, 2.75) is 6.42 Å². The fourth-order valence-electron chi connectivity index (χ4n) is 1.43. The number of amides is 1. The van der Waals surface area contributed by atoms with Crippen LogP contribution in [0.5, 0.6) is 0 Å². The summed E-state index contributed by atoms with van der Waals surface area (Å²) in [5.41, 5.74) is 0.580. The van der Waals surface area contributed by atoms with Gasteiger partial charge in [-0.3, -0.25) is 9.78 Å². The summed E-state index contributed by atoms with van der Waals surface area (Å²) in [6.07, 6.45) is 3.69. The molecule has 0 unspecified atom stereocenters. The van der Waals surface area contributed by atoms with Crippen molar-refractivity contribution in [2.24, 2.45) is 5.92 Å². The molecule has 2 rings (SSSR count). The molecule has 2 N–H and O–H groups in total. The average Bonchev–Trinajstić information content (AvgIpc) is 2.16. The van der Waals surface area contributed by atoms with Crippen LogP contribution in [0.25, 0.3) is 0 Å². The maximum Gasteiger partial charge on any atom is 0.224 e. The topological polar surface area (TPSA) is 54.0 Å². The summed E-state index contributed by atoms with van der Waals surface area (Å²) in [6, 6.07) is 1.65. The summed E-state index contributed by atoms with van der Waals surface area (Å²) < 4.78 is 0. The minimum atomic E-state index is -0.00333. The molecule has 0 aromatic carbocycles. The molecule has 0 atom stereocenters. The van der Waals surface area contributed by atoms with Crippen molar-refractivity contribution in [3.8, 4) is 0 Å². The summed E-state index contributed by atoms with van der Waals surface area (Å²) in [5.74, 6) is 0.455. The molecule has 0 spiro atoms. The Kier molecular flexibility index (Phi) is 3.18. The van der Waals surface area contributed by atoms with Gasteiger partial charge in [-0.25, -0.2) is 0 Å². The first-order valence-electron chi connectivity index (χ1n) is 4.86. The maximum absolute atomic E-state index is 11.5. The molecule has 2 heterocycles. The summed E-state index contributed by atoms with van der Waals surface area (Å²) in [5, 5.41) is 6.39. The first-order valence-corrected chi connectivity index (χ1v) is 5.23. The maximum atomic E-state index is 11.5. The fraction of sp³-hybridized carbons (Fsp3) is 0.400. The number of carbonyl (C=O) groups is 1. The number of rotatable bonds is 3. The Morgan fingerprint density at radius 3 is 3.07 bits per heavy atom. The van der Waals surface area contributed by atoms with Crippen LogP contribution < -0.4 is 10.6 Å². The van der Waals surface area contributed by atoms with Gasteiger partial charge < -0.3 is 10.6 Å². The second-order valence-corrected chi connectivity index (χ2v) is 4.04. The SMILES string of the molecule is O=C(CC1CNC1)Nc1cnccc1Cl. The van der Waals surface area contributed by atoms with Crippen molar-refractivity contribution in [3.05, 3.63) is 23.5 Å². The monoisotopic (exact) mass is 225 g/mol. The molecular formula is C10H12ClN3O. The Labute approximate surface area is 93.0 Å². The zero-order valence-corrected chi connectivity index (χ0v) is 8.92. The molecule has 1 aliphatic rings. The molecule has 1 aromatic heterocycles. The Morgan fingerprint density at radius 2 is 2.47 bits per heavy atom. The predicted octanol–water partition coefficient (Wildman–Crippen LogP) is 1.28. The van der Waals surface area contributed by atoms with Gasteiger partial charge in [0.25, 0.3) is 0 Å². The number of anilines is 1. The zero-order valence-electron chi connectivity index (χ0n) is 8.16. The molecule has 1 aromatic rings. The molecule has 1 aliphatic heterocycles. The lowest BCUT2D eigenvalue weighted by molar-refractivity contribution is -0.117. The molecule has 80 valence electrons. The molecule has 1 saturated heterocycles. The van der Waals surface area contributed by atoms with Crippen molar-refractivity contribution in [1.82, 2.24) is 10.3 Å². The molecule has 5 heteroatoms. The average molecular weight is 226 g/mol. The minimum absolute atomic E-state index is 0.00333. The van der Waals surface area contributed by atoms with Gasteiger partial charge in [-0.15, -0.1) is 0 Å². The molecule has 1 amide bonds. The third kappa shape index (κ3) is 2.67. The second kappa shape index (κ2) is 4.59. The van der Waals surface area contributed by atoms with Crippen LogP contribution in [0.4, 0.5) is 5.69 Å². The van der Waals surface area contributed by atoms with E-state index in [1.165, 1.54) is 0 Å². The largest absolute Gasteiger partial charge is 0.323 e. The van der Waals surface area contributed by atoms with E-state index in [1.54, 1.807) is 18.5 Å². The number of aromatic nitrogens is 1. The summed E-state index contributed by atoms with van der Waals surface area (Å²) in [4.78, 5) is 15.4. The van der Waals surface area contributed by atoms with E-state index < -0.39 is 0 Å². The van der Waals surface area contributed by atoms with Crippen LogP contribution in [0.1, 0.15) is 6.42 Å². The fourth-order valence-corrected chi connectivity index (χ4v) is 1.58. The molecule has 0 radical (unpaired) electrons. The molecular weight excluding hydrogens is 214 g/mol. The molecule has 0 aliphatic carbocycles. The van der Waals surface area contributed by atoms with Crippen LogP contribution in [0.3, 0.4) is 0 Å². The van der Waals surface area contributed by atoms with Crippen molar-refractivity contribution >= 4 is 23.2 Å². The highest BCUT2D eigenvalue weighted by Crippen LogP contribution is 2.20. The van der Waals surface area contributed by atoms with Crippen LogP contribution in [0.2, 0.25) is 5.02 Å². The van der Waals surface area contributed by atoms with Crippen LogP contribution in [-0.2, 0) is 4.79 Å². The van der Waals surface area contributed by atoms with Crippen molar-refractivity contribution < 1.29 is 4.79 Å². The minimum Gasteiger partial charge on any atom is -0.323 e. The molecule has 15 heavy (non-hydrogen) atoms. The first kappa shape index (κ1) is 10.4. The number of pyridine rings is 1. The lowest BCUT2D eigenvalue weighted by Gasteiger charge is -2.26. The summed E-state index contributed by atoms with van der Waals surface area (Å²) in [7, 11) is 0. The van der Waals surface area contributed by atoms with Crippen molar-refractivity contribution in [1.29, 1.82) is 0 Å². The van der Waals surface area contributed by atoms with Gasteiger partial charge >= 0.3 is 0 Å². The van der Waals surface area contributed by atoms with E-state index >= 15 is 0 Å². The van der Waals surface area contributed by atoms with Crippen LogP contribution in [0.15, 0.2) is 18.5 Å². The predicted molar refractivity (Wildman–Crippen MR) is 58.9 cm³/mol. The first-order chi connectivity index (χ1) is 7.25. The highest BCUT2D eigenvalue weighted by Gasteiger charge is 2.20. The van der Waals surface area contributed by atoms with Gasteiger partial charge in [0.1, 0.15) is 0 Å². The highest BCUT2D eigenvalue weighted by molar-refractivity contribution is 6.33. The summed E-state index contributed by atoms with van der Waals surface area (Å²) >= 11 is 5.89. The van der Waals surface area contributed by atoms with Gasteiger partial charge in [0.15, 0.2) is 0 Å². The van der Waals surface area contributed by atoms with Crippen LogP contribution in [-0.4, -0.2) is 24.0 Å². The number of nitrogens with zero attached hydrogens (tertiary/aromatic N) is 1. The van der Waals surface area contributed by atoms with E-state index in [4.69, 9.17) is 11.6 Å². The number of hydrogen-bond donors (Lipinski definition) is 2. The summed E-state index contributed by atoms with van der Waals surface area (Å²) in [6.45, 7) is 1.85. The van der Waals surface area contributed by atoms with Crippen molar-refractivity contribution in [2.75, 3.05) is 18.4 Å². The zero-order chi connectivity index (χ0) is 10.7. The normalized spacial score (nSPS) is 15.8. The van der Waals surface area contributed by atoms with E-state index in [0.29, 0.717) is 23.0 Å². The van der Waals surface area contributed by atoms with E-state index in [9.17, 15) is 4.79 Å². The lowest BCUT2D eigenvalue weighted by Crippen LogP contribution is -2.43. The molecule has 0 bridgehead atoms. The molecule has 4 nitrogen and oxygen atoms in total. The van der Waals surface area contributed by atoms with Crippen LogP contribution >= 0.6 is 11.6 Å². The standard InChI is InChI=1S/C10H12ClN3O/c11-8-1-2-12-6-9(8)14-10(15)3-7-4-13-5-7/h1-2,6-7,13H,3-5H2,(H,14,15). The Hall–Kier alpha value is -1.13. The quantitative estimate of drug-likeness (QED) is 0.815. The van der Waals surface area contributed by atoms with Gasteiger partial charge in [-0.2, -0.15) is 0 Å². The van der Waals surface area contributed by atoms with Gasteiger partial charge in [-0.05, 0) is 25.1 Å². The van der Waals surface area contributed by atoms with E-state index in [-0.39, 0.29) is 5.91 Å². The number of hydrogen-bond acceptors (Lipinski definition) is 3. The van der Waals surface area contributed by atoms with Gasteiger partial charge in [0, 0.05) is 12.6 Å². The second-order valence-electron chi connectivity index (χ2n) is 3.63. The van der Waals surface area contributed by atoms with Gasteiger partial charge in [-0.1, -0.05) is 11.6 Å².